The van der Waals surface area contributed by atoms with Crippen LogP contribution in [0.25, 0.3) is 0 Å². The SMILES string of the molecule is CSC1CCCC1NC(=O)C(C)(C)Br. The number of amides is 1. The van der Waals surface area contributed by atoms with Gasteiger partial charge in [-0.2, -0.15) is 11.8 Å². The number of halogens is 1. The van der Waals surface area contributed by atoms with E-state index in [0.29, 0.717) is 11.3 Å². The summed E-state index contributed by atoms with van der Waals surface area (Å²) in [6, 6.07) is 0.370. The summed E-state index contributed by atoms with van der Waals surface area (Å²) in [6.45, 7) is 3.76. The van der Waals surface area contributed by atoms with Crippen molar-refractivity contribution in [3.05, 3.63) is 0 Å². The highest BCUT2D eigenvalue weighted by atomic mass is 79.9. The molecule has 0 aromatic carbocycles. The van der Waals surface area contributed by atoms with Crippen molar-refractivity contribution in [2.75, 3.05) is 6.26 Å². The topological polar surface area (TPSA) is 29.1 Å². The van der Waals surface area contributed by atoms with Gasteiger partial charge in [-0.1, -0.05) is 22.4 Å². The molecule has 2 nitrogen and oxygen atoms in total. The van der Waals surface area contributed by atoms with Crippen LogP contribution in [0.3, 0.4) is 0 Å². The summed E-state index contributed by atoms with van der Waals surface area (Å²) < 4.78 is -0.446. The predicted molar refractivity (Wildman–Crippen MR) is 66.1 cm³/mol. The number of rotatable bonds is 3. The Hall–Kier alpha value is 0.300. The van der Waals surface area contributed by atoms with E-state index in [1.165, 1.54) is 12.8 Å². The molecule has 2 atom stereocenters. The van der Waals surface area contributed by atoms with Gasteiger partial charge < -0.3 is 5.32 Å². The molecule has 0 aromatic rings. The molecule has 1 fully saturated rings. The van der Waals surface area contributed by atoms with Gasteiger partial charge in [-0.05, 0) is 32.9 Å². The number of carbonyl (C=O) groups excluding carboxylic acids is 1. The van der Waals surface area contributed by atoms with Gasteiger partial charge in [0.2, 0.25) is 5.91 Å². The third kappa shape index (κ3) is 3.16. The largest absolute Gasteiger partial charge is 0.351 e. The maximum absolute atomic E-state index is 11.7. The van der Waals surface area contributed by atoms with Crippen LogP contribution in [0.15, 0.2) is 0 Å². The van der Waals surface area contributed by atoms with Gasteiger partial charge in [-0.25, -0.2) is 0 Å². The molecule has 0 spiro atoms. The van der Waals surface area contributed by atoms with E-state index in [9.17, 15) is 4.79 Å². The lowest BCUT2D eigenvalue weighted by Gasteiger charge is -2.23. The van der Waals surface area contributed by atoms with Gasteiger partial charge in [-0.15, -0.1) is 0 Å². The molecule has 14 heavy (non-hydrogen) atoms. The number of hydrogen-bond donors (Lipinski definition) is 1. The van der Waals surface area contributed by atoms with Crippen molar-refractivity contribution in [3.8, 4) is 0 Å². The summed E-state index contributed by atoms with van der Waals surface area (Å²) >= 11 is 5.24. The molecule has 0 aliphatic heterocycles. The van der Waals surface area contributed by atoms with Crippen molar-refractivity contribution < 1.29 is 4.79 Å². The first-order valence-electron chi connectivity index (χ1n) is 4.98. The average molecular weight is 280 g/mol. The van der Waals surface area contributed by atoms with Gasteiger partial charge in [0.05, 0.1) is 4.32 Å². The van der Waals surface area contributed by atoms with Crippen LogP contribution in [-0.2, 0) is 4.79 Å². The Bertz CT molecular complexity index is 215. The summed E-state index contributed by atoms with van der Waals surface area (Å²) in [5, 5.41) is 3.72. The summed E-state index contributed by atoms with van der Waals surface area (Å²) in [7, 11) is 0. The molecule has 0 heterocycles. The van der Waals surface area contributed by atoms with Crippen LogP contribution in [0.2, 0.25) is 0 Å². The van der Waals surface area contributed by atoms with Crippen LogP contribution in [0.5, 0.6) is 0 Å². The lowest BCUT2D eigenvalue weighted by molar-refractivity contribution is -0.123. The van der Waals surface area contributed by atoms with Gasteiger partial charge in [-0.3, -0.25) is 4.79 Å². The summed E-state index contributed by atoms with van der Waals surface area (Å²) in [5.74, 6) is 0.100. The Morgan fingerprint density at radius 1 is 1.50 bits per heavy atom. The molecule has 1 saturated carbocycles. The van der Waals surface area contributed by atoms with E-state index in [1.54, 1.807) is 0 Å². The van der Waals surface area contributed by atoms with Gasteiger partial charge in [0.1, 0.15) is 0 Å². The Kier molecular flexibility index (Phi) is 4.31. The molecule has 82 valence electrons. The Morgan fingerprint density at radius 3 is 2.64 bits per heavy atom. The molecule has 1 aliphatic carbocycles. The quantitative estimate of drug-likeness (QED) is 0.805. The molecule has 1 N–H and O–H groups in total. The smallest absolute Gasteiger partial charge is 0.236 e. The van der Waals surface area contributed by atoms with Crippen LogP contribution < -0.4 is 5.32 Å². The highest BCUT2D eigenvalue weighted by molar-refractivity contribution is 9.10. The van der Waals surface area contributed by atoms with Crippen LogP contribution in [-0.4, -0.2) is 27.8 Å². The number of alkyl halides is 1. The van der Waals surface area contributed by atoms with E-state index >= 15 is 0 Å². The molecule has 0 radical (unpaired) electrons. The van der Waals surface area contributed by atoms with Crippen molar-refractivity contribution in [2.24, 2.45) is 0 Å². The van der Waals surface area contributed by atoms with Gasteiger partial charge in [0, 0.05) is 11.3 Å². The summed E-state index contributed by atoms with van der Waals surface area (Å²) in [4.78, 5) is 11.7. The molecule has 4 heteroatoms. The highest BCUT2D eigenvalue weighted by Gasteiger charge is 2.31. The second kappa shape index (κ2) is 4.88. The molecular formula is C10H18BrNOS. The van der Waals surface area contributed by atoms with Gasteiger partial charge in [0.25, 0.3) is 0 Å². The van der Waals surface area contributed by atoms with E-state index in [4.69, 9.17) is 0 Å². The first-order chi connectivity index (χ1) is 6.45. The molecule has 0 saturated heterocycles. The first kappa shape index (κ1) is 12.4. The monoisotopic (exact) mass is 279 g/mol. The maximum Gasteiger partial charge on any atom is 0.236 e. The lowest BCUT2D eigenvalue weighted by atomic mass is 10.1. The highest BCUT2D eigenvalue weighted by Crippen LogP contribution is 2.29. The second-order valence-corrected chi connectivity index (χ2v) is 7.32. The summed E-state index contributed by atoms with van der Waals surface area (Å²) in [6.07, 6.45) is 5.71. The minimum atomic E-state index is -0.446. The second-order valence-electron chi connectivity index (χ2n) is 4.26. The first-order valence-corrected chi connectivity index (χ1v) is 7.06. The van der Waals surface area contributed by atoms with Crippen molar-refractivity contribution in [3.63, 3.8) is 0 Å². The van der Waals surface area contributed by atoms with E-state index in [2.05, 4.69) is 27.5 Å². The summed E-state index contributed by atoms with van der Waals surface area (Å²) in [5.41, 5.74) is 0. The number of carbonyl (C=O) groups is 1. The van der Waals surface area contributed by atoms with Crippen LogP contribution in [0.4, 0.5) is 0 Å². The molecule has 2 unspecified atom stereocenters. The molecule has 0 bridgehead atoms. The fourth-order valence-electron chi connectivity index (χ4n) is 1.71. The zero-order valence-corrected chi connectivity index (χ0v) is 11.4. The average Bonchev–Trinajstić information content (AvgIpc) is 2.50. The Morgan fingerprint density at radius 2 is 2.14 bits per heavy atom. The molecule has 1 aliphatic rings. The van der Waals surface area contributed by atoms with Crippen molar-refractivity contribution >= 4 is 33.6 Å². The van der Waals surface area contributed by atoms with Crippen molar-refractivity contribution in [1.82, 2.24) is 5.32 Å². The number of nitrogens with one attached hydrogen (secondary N) is 1. The molecule has 1 rings (SSSR count). The zero-order valence-electron chi connectivity index (χ0n) is 8.97. The van der Waals surface area contributed by atoms with Gasteiger partial charge >= 0.3 is 0 Å². The van der Waals surface area contributed by atoms with Crippen LogP contribution >= 0.6 is 27.7 Å². The Balaban J connectivity index is 2.48. The molecule has 1 amide bonds. The fourth-order valence-corrected chi connectivity index (χ4v) is 2.76. The molecular weight excluding hydrogens is 262 g/mol. The van der Waals surface area contributed by atoms with Crippen molar-refractivity contribution in [1.29, 1.82) is 0 Å². The van der Waals surface area contributed by atoms with E-state index in [1.807, 2.05) is 25.6 Å². The minimum Gasteiger partial charge on any atom is -0.351 e. The Labute approximate surface area is 98.7 Å². The van der Waals surface area contributed by atoms with E-state index in [-0.39, 0.29) is 5.91 Å². The normalized spacial score (nSPS) is 27.7. The number of thioether (sulfide) groups is 1. The predicted octanol–water partition coefficient (Wildman–Crippen LogP) is 2.56. The van der Waals surface area contributed by atoms with Crippen LogP contribution in [0.1, 0.15) is 33.1 Å². The zero-order chi connectivity index (χ0) is 10.8. The third-order valence-corrected chi connectivity index (χ3v) is 4.14. The lowest BCUT2D eigenvalue weighted by Crippen LogP contribution is -2.45. The molecule has 0 aromatic heterocycles. The maximum atomic E-state index is 11.7. The minimum absolute atomic E-state index is 0.100. The van der Waals surface area contributed by atoms with E-state index < -0.39 is 4.32 Å². The third-order valence-electron chi connectivity index (χ3n) is 2.61. The van der Waals surface area contributed by atoms with Crippen molar-refractivity contribution in [2.45, 2.75) is 48.7 Å². The van der Waals surface area contributed by atoms with Crippen LogP contribution in [0, 0.1) is 0 Å². The van der Waals surface area contributed by atoms with Gasteiger partial charge in [0.15, 0.2) is 0 Å². The van der Waals surface area contributed by atoms with E-state index in [0.717, 1.165) is 6.42 Å². The fraction of sp³-hybridized carbons (Fsp3) is 0.900. The number of hydrogen-bond acceptors (Lipinski definition) is 2. The standard InChI is InChI=1S/C10H18BrNOS/c1-10(2,11)9(13)12-7-5-4-6-8(7)14-3/h7-8H,4-6H2,1-3H3,(H,12,13).